The Hall–Kier alpha value is -2.36. The molecule has 0 saturated carbocycles. The molecule has 0 atom stereocenters. The summed E-state index contributed by atoms with van der Waals surface area (Å²) in [4.78, 5) is 22.9. The maximum atomic E-state index is 11.5. The first-order valence-corrected chi connectivity index (χ1v) is 5.94. The zero-order valence-electron chi connectivity index (χ0n) is 10.7. The molecule has 0 unspecified atom stereocenters. The Bertz CT molecular complexity index is 460. The quantitative estimate of drug-likeness (QED) is 0.327. The van der Waals surface area contributed by atoms with Gasteiger partial charge < -0.3 is 9.47 Å². The molecular weight excluding hydrogens is 244 g/mol. The molecule has 1 rings (SSSR count). The van der Waals surface area contributed by atoms with Crippen LogP contribution in [0.15, 0.2) is 54.8 Å². The molecule has 0 spiro atoms. The van der Waals surface area contributed by atoms with E-state index in [2.05, 4.69) is 0 Å². The third-order valence-corrected chi connectivity index (χ3v) is 2.09. The summed E-state index contributed by atoms with van der Waals surface area (Å²) in [6.45, 7) is 2.17. The molecule has 0 bridgehead atoms. The van der Waals surface area contributed by atoms with Crippen LogP contribution in [0.5, 0.6) is 0 Å². The summed E-state index contributed by atoms with van der Waals surface area (Å²) in [5.41, 5.74) is 0.426. The average molecular weight is 260 g/mol. The molecule has 100 valence electrons. The van der Waals surface area contributed by atoms with E-state index in [1.807, 2.05) is 6.92 Å². The van der Waals surface area contributed by atoms with Gasteiger partial charge in [0.05, 0.1) is 18.4 Å². The van der Waals surface area contributed by atoms with Gasteiger partial charge in [0.1, 0.15) is 0 Å². The van der Waals surface area contributed by atoms with E-state index in [4.69, 9.17) is 9.47 Å². The van der Waals surface area contributed by atoms with Gasteiger partial charge >= 0.3 is 5.97 Å². The molecule has 0 amide bonds. The summed E-state index contributed by atoms with van der Waals surface area (Å²) in [7, 11) is 0. The summed E-state index contributed by atoms with van der Waals surface area (Å²) in [6, 6.07) is 8.53. The standard InChI is InChI=1S/C15H16O4/c1-2-18-11-7-6-10-14(16)12-19-15(17)13-8-4-3-5-9-13/h3-11H,2,12H2,1H3/b10-6+,11-7-. The summed E-state index contributed by atoms with van der Waals surface area (Å²) < 4.78 is 9.82. The van der Waals surface area contributed by atoms with Crippen molar-refractivity contribution in [2.45, 2.75) is 6.92 Å². The van der Waals surface area contributed by atoms with Crippen molar-refractivity contribution in [2.24, 2.45) is 0 Å². The molecule has 0 aliphatic rings. The van der Waals surface area contributed by atoms with Crippen LogP contribution in [0.1, 0.15) is 17.3 Å². The van der Waals surface area contributed by atoms with Crippen LogP contribution in [0, 0.1) is 0 Å². The largest absolute Gasteiger partial charge is 0.501 e. The first-order valence-electron chi connectivity index (χ1n) is 5.94. The Morgan fingerprint density at radius 2 is 1.89 bits per heavy atom. The maximum absolute atomic E-state index is 11.5. The Morgan fingerprint density at radius 3 is 2.58 bits per heavy atom. The molecule has 1 aromatic rings. The molecular formula is C15H16O4. The third-order valence-electron chi connectivity index (χ3n) is 2.09. The summed E-state index contributed by atoms with van der Waals surface area (Å²) in [5, 5.41) is 0. The van der Waals surface area contributed by atoms with Crippen molar-refractivity contribution in [3.63, 3.8) is 0 Å². The van der Waals surface area contributed by atoms with E-state index in [-0.39, 0.29) is 12.4 Å². The highest BCUT2D eigenvalue weighted by Crippen LogP contribution is 2.00. The SMILES string of the molecule is CCO/C=C\C=C\C(=O)COC(=O)c1ccccc1. The Balaban J connectivity index is 2.32. The fourth-order valence-corrected chi connectivity index (χ4v) is 1.20. The molecule has 0 aliphatic carbocycles. The van der Waals surface area contributed by atoms with Crippen LogP contribution in [0.3, 0.4) is 0 Å². The van der Waals surface area contributed by atoms with Gasteiger partial charge in [-0.3, -0.25) is 4.79 Å². The van der Waals surface area contributed by atoms with E-state index in [1.165, 1.54) is 18.4 Å². The van der Waals surface area contributed by atoms with Crippen LogP contribution in [0.4, 0.5) is 0 Å². The Labute approximate surface area is 112 Å². The molecule has 0 aliphatic heterocycles. The average Bonchev–Trinajstić information content (AvgIpc) is 2.45. The number of rotatable bonds is 7. The van der Waals surface area contributed by atoms with E-state index in [9.17, 15) is 9.59 Å². The molecule has 0 aromatic heterocycles. The Kier molecular flexibility index (Phi) is 6.72. The second-order valence-electron chi connectivity index (χ2n) is 3.55. The van der Waals surface area contributed by atoms with Gasteiger partial charge in [0.25, 0.3) is 0 Å². The number of carbonyl (C=O) groups is 2. The van der Waals surface area contributed by atoms with Crippen molar-refractivity contribution in [2.75, 3.05) is 13.2 Å². The highest BCUT2D eigenvalue weighted by Gasteiger charge is 2.07. The van der Waals surface area contributed by atoms with Crippen LogP contribution in [0.25, 0.3) is 0 Å². The highest BCUT2D eigenvalue weighted by atomic mass is 16.5. The Morgan fingerprint density at radius 1 is 1.16 bits per heavy atom. The fraction of sp³-hybridized carbons (Fsp3) is 0.200. The molecule has 4 heteroatoms. The molecule has 0 radical (unpaired) electrons. The number of benzene rings is 1. The molecule has 4 nitrogen and oxygen atoms in total. The summed E-state index contributed by atoms with van der Waals surface area (Å²) in [5.74, 6) is -0.794. The number of allylic oxidation sites excluding steroid dienone is 2. The number of esters is 1. The summed E-state index contributed by atoms with van der Waals surface area (Å²) in [6.07, 6.45) is 5.95. The van der Waals surface area contributed by atoms with Crippen LogP contribution in [-0.4, -0.2) is 25.0 Å². The van der Waals surface area contributed by atoms with Gasteiger partial charge in [0.2, 0.25) is 0 Å². The van der Waals surface area contributed by atoms with Crippen LogP contribution >= 0.6 is 0 Å². The number of ketones is 1. The zero-order valence-corrected chi connectivity index (χ0v) is 10.7. The lowest BCUT2D eigenvalue weighted by Gasteiger charge is -2.01. The minimum absolute atomic E-state index is 0.271. The van der Waals surface area contributed by atoms with Crippen LogP contribution in [0.2, 0.25) is 0 Å². The maximum Gasteiger partial charge on any atom is 0.338 e. The summed E-state index contributed by atoms with van der Waals surface area (Å²) >= 11 is 0. The third kappa shape index (κ3) is 6.21. The second kappa shape index (κ2) is 8.69. The lowest BCUT2D eigenvalue weighted by atomic mass is 10.2. The molecule has 0 N–H and O–H groups in total. The van der Waals surface area contributed by atoms with E-state index >= 15 is 0 Å². The van der Waals surface area contributed by atoms with Crippen molar-refractivity contribution < 1.29 is 19.1 Å². The topological polar surface area (TPSA) is 52.6 Å². The number of ether oxygens (including phenoxy) is 2. The molecule has 0 fully saturated rings. The highest BCUT2D eigenvalue weighted by molar-refractivity contribution is 5.95. The molecule has 0 saturated heterocycles. The van der Waals surface area contributed by atoms with Crippen molar-refractivity contribution in [3.05, 3.63) is 60.4 Å². The van der Waals surface area contributed by atoms with Gasteiger partial charge in [-0.1, -0.05) is 24.3 Å². The van der Waals surface area contributed by atoms with E-state index in [0.717, 1.165) is 0 Å². The van der Waals surface area contributed by atoms with Crippen LogP contribution in [-0.2, 0) is 14.3 Å². The number of hydrogen-bond donors (Lipinski definition) is 0. The minimum atomic E-state index is -0.507. The van der Waals surface area contributed by atoms with Gasteiger partial charge in [-0.15, -0.1) is 0 Å². The smallest absolute Gasteiger partial charge is 0.338 e. The molecule has 0 heterocycles. The lowest BCUT2D eigenvalue weighted by Crippen LogP contribution is -2.12. The van der Waals surface area contributed by atoms with Crippen molar-refractivity contribution in [1.29, 1.82) is 0 Å². The van der Waals surface area contributed by atoms with Gasteiger partial charge in [-0.05, 0) is 31.2 Å². The van der Waals surface area contributed by atoms with E-state index in [0.29, 0.717) is 12.2 Å². The first kappa shape index (κ1) is 14.7. The van der Waals surface area contributed by atoms with Crippen molar-refractivity contribution in [1.82, 2.24) is 0 Å². The molecule has 1 aromatic carbocycles. The lowest BCUT2D eigenvalue weighted by molar-refractivity contribution is -0.117. The van der Waals surface area contributed by atoms with Gasteiger partial charge in [0.15, 0.2) is 12.4 Å². The second-order valence-corrected chi connectivity index (χ2v) is 3.55. The predicted octanol–water partition coefficient (Wildman–Crippen LogP) is 2.52. The van der Waals surface area contributed by atoms with Crippen molar-refractivity contribution in [3.8, 4) is 0 Å². The zero-order chi connectivity index (χ0) is 13.9. The molecule has 19 heavy (non-hydrogen) atoms. The van der Waals surface area contributed by atoms with Gasteiger partial charge in [0, 0.05) is 0 Å². The fourth-order valence-electron chi connectivity index (χ4n) is 1.20. The normalized spacial score (nSPS) is 10.8. The minimum Gasteiger partial charge on any atom is -0.501 e. The van der Waals surface area contributed by atoms with Crippen LogP contribution < -0.4 is 0 Å². The van der Waals surface area contributed by atoms with Crippen molar-refractivity contribution >= 4 is 11.8 Å². The predicted molar refractivity (Wildman–Crippen MR) is 71.6 cm³/mol. The monoisotopic (exact) mass is 260 g/mol. The number of hydrogen-bond acceptors (Lipinski definition) is 4. The van der Waals surface area contributed by atoms with E-state index in [1.54, 1.807) is 36.4 Å². The first-order chi connectivity index (χ1) is 9.24. The van der Waals surface area contributed by atoms with Gasteiger partial charge in [-0.25, -0.2) is 4.79 Å². The van der Waals surface area contributed by atoms with E-state index < -0.39 is 5.97 Å². The number of carbonyl (C=O) groups excluding carboxylic acids is 2. The van der Waals surface area contributed by atoms with Gasteiger partial charge in [-0.2, -0.15) is 0 Å².